The molecule has 0 spiro atoms. The molecule has 0 fully saturated rings. The van der Waals surface area contributed by atoms with E-state index in [1.165, 1.54) is 5.56 Å². The zero-order valence-corrected chi connectivity index (χ0v) is 10.2. The molecule has 0 aromatic heterocycles. The fourth-order valence-electron chi connectivity index (χ4n) is 1.24. The maximum Gasteiger partial charge on any atom is 0.0717 e. The lowest BCUT2D eigenvalue weighted by molar-refractivity contribution is 0.0307. The Balaban J connectivity index is 2.27. The summed E-state index contributed by atoms with van der Waals surface area (Å²) in [4.78, 5) is 0. The first-order valence-corrected chi connectivity index (χ1v) is 5.39. The first-order valence-electron chi connectivity index (χ1n) is 5.02. The van der Waals surface area contributed by atoms with E-state index in [0.717, 1.165) is 0 Å². The van der Waals surface area contributed by atoms with Crippen molar-refractivity contribution in [3.05, 3.63) is 35.9 Å². The van der Waals surface area contributed by atoms with E-state index in [4.69, 9.17) is 8.92 Å². The highest BCUT2D eigenvalue weighted by Crippen LogP contribution is 2.17. The van der Waals surface area contributed by atoms with Crippen molar-refractivity contribution in [2.24, 2.45) is 5.41 Å². The van der Waals surface area contributed by atoms with Crippen LogP contribution in [0.5, 0.6) is 0 Å². The van der Waals surface area contributed by atoms with Crippen molar-refractivity contribution in [3.8, 4) is 0 Å². The molecule has 0 aliphatic rings. The molecular weight excluding hydrogens is 208 g/mol. The second-order valence-corrected chi connectivity index (χ2v) is 4.67. The molecule has 1 aromatic carbocycles. The summed E-state index contributed by atoms with van der Waals surface area (Å²) in [6.45, 7) is 6.09. The average molecular weight is 226 g/mol. The Labute approximate surface area is 97.2 Å². The van der Waals surface area contributed by atoms with E-state index in [0.29, 0.717) is 19.8 Å². The molecule has 0 aliphatic carbocycles. The second-order valence-electron chi connectivity index (χ2n) is 4.42. The first kappa shape index (κ1) is 12.6. The Morgan fingerprint density at radius 3 is 2.40 bits per heavy atom. The van der Waals surface area contributed by atoms with Crippen molar-refractivity contribution in [2.75, 3.05) is 13.2 Å². The summed E-state index contributed by atoms with van der Waals surface area (Å²) in [5, 5.41) is 0. The molecule has 15 heavy (non-hydrogen) atoms. The second kappa shape index (κ2) is 6.16. The topological polar surface area (TPSA) is 18.5 Å². The maximum absolute atomic E-state index is 5.62. The van der Waals surface area contributed by atoms with Gasteiger partial charge in [0.1, 0.15) is 0 Å². The molecule has 1 rings (SSSR count). The average Bonchev–Trinajstić information content (AvgIpc) is 2.19. The molecule has 0 N–H and O–H groups in total. The van der Waals surface area contributed by atoms with Crippen LogP contribution in [0.3, 0.4) is 0 Å². The molecule has 0 saturated heterocycles. The van der Waals surface area contributed by atoms with Crippen LogP contribution in [-0.4, -0.2) is 13.2 Å². The lowest BCUT2D eigenvalue weighted by atomic mass is 9.97. The van der Waals surface area contributed by atoms with Crippen LogP contribution < -0.4 is 0 Å². The summed E-state index contributed by atoms with van der Waals surface area (Å²) < 4.78 is 10.4. The smallest absolute Gasteiger partial charge is 0.0717 e. The van der Waals surface area contributed by atoms with Crippen molar-refractivity contribution >= 4 is 12.9 Å². The molecule has 2 nitrogen and oxygen atoms in total. The highest BCUT2D eigenvalue weighted by Gasteiger charge is 2.17. The summed E-state index contributed by atoms with van der Waals surface area (Å²) in [6.07, 6.45) is 0. The highest BCUT2D eigenvalue weighted by molar-refractivity contribution is 7.75. The zero-order chi connectivity index (χ0) is 11.1. The molecular formula is C12H18O2S. The molecule has 1 aromatic rings. The third kappa shape index (κ3) is 5.21. The predicted octanol–water partition coefficient (Wildman–Crippen LogP) is 3.09. The zero-order valence-electron chi connectivity index (χ0n) is 9.27. The summed E-state index contributed by atoms with van der Waals surface area (Å²) in [5.41, 5.74) is 1.20. The number of hydrogen-bond donors (Lipinski definition) is 1. The third-order valence-corrected chi connectivity index (χ3v) is 2.19. The van der Waals surface area contributed by atoms with Gasteiger partial charge in [-0.3, -0.25) is 0 Å². The summed E-state index contributed by atoms with van der Waals surface area (Å²) in [6, 6.07) is 10.1. The number of thiol groups is 1. The molecule has 0 unspecified atom stereocenters. The van der Waals surface area contributed by atoms with Gasteiger partial charge in [0, 0.05) is 5.41 Å². The summed E-state index contributed by atoms with van der Waals surface area (Å²) in [7, 11) is 0. The highest BCUT2D eigenvalue weighted by atomic mass is 32.1. The van der Waals surface area contributed by atoms with Gasteiger partial charge in [0.05, 0.1) is 19.8 Å². The van der Waals surface area contributed by atoms with E-state index in [2.05, 4.69) is 38.9 Å². The van der Waals surface area contributed by atoms with Crippen molar-refractivity contribution < 1.29 is 8.92 Å². The van der Waals surface area contributed by atoms with Crippen LogP contribution >= 0.6 is 12.9 Å². The van der Waals surface area contributed by atoms with Gasteiger partial charge in [-0.05, 0) is 18.5 Å². The largest absolute Gasteiger partial charge is 0.376 e. The Hall–Kier alpha value is -0.510. The van der Waals surface area contributed by atoms with E-state index in [-0.39, 0.29) is 5.41 Å². The Kier molecular flexibility index (Phi) is 5.15. The molecule has 0 radical (unpaired) electrons. The number of hydrogen-bond acceptors (Lipinski definition) is 3. The van der Waals surface area contributed by atoms with Gasteiger partial charge < -0.3 is 8.92 Å². The van der Waals surface area contributed by atoms with Gasteiger partial charge in [-0.25, -0.2) is 0 Å². The van der Waals surface area contributed by atoms with Crippen LogP contribution in [0.4, 0.5) is 0 Å². The fraction of sp³-hybridized carbons (Fsp3) is 0.500. The van der Waals surface area contributed by atoms with E-state index in [1.807, 2.05) is 18.2 Å². The minimum absolute atomic E-state index is 0.0104. The van der Waals surface area contributed by atoms with E-state index in [1.54, 1.807) is 0 Å². The van der Waals surface area contributed by atoms with Gasteiger partial charge in [-0.15, -0.1) is 0 Å². The maximum atomic E-state index is 5.62. The van der Waals surface area contributed by atoms with E-state index >= 15 is 0 Å². The van der Waals surface area contributed by atoms with Gasteiger partial charge in [0.15, 0.2) is 0 Å². The number of ether oxygens (including phenoxy) is 1. The first-order chi connectivity index (χ1) is 7.14. The predicted molar refractivity (Wildman–Crippen MR) is 64.8 cm³/mol. The molecule has 0 atom stereocenters. The quantitative estimate of drug-likeness (QED) is 0.593. The van der Waals surface area contributed by atoms with Gasteiger partial charge in [0.25, 0.3) is 0 Å². The van der Waals surface area contributed by atoms with Gasteiger partial charge in [-0.1, -0.05) is 44.2 Å². The van der Waals surface area contributed by atoms with Crippen LogP contribution in [-0.2, 0) is 15.5 Å². The summed E-state index contributed by atoms with van der Waals surface area (Å²) in [5.74, 6) is 0. The van der Waals surface area contributed by atoms with Gasteiger partial charge in [-0.2, -0.15) is 0 Å². The number of rotatable bonds is 6. The molecule has 84 valence electrons. The van der Waals surface area contributed by atoms with Gasteiger partial charge >= 0.3 is 0 Å². The lowest BCUT2D eigenvalue weighted by Gasteiger charge is -2.22. The fourth-order valence-corrected chi connectivity index (χ4v) is 1.59. The van der Waals surface area contributed by atoms with Crippen molar-refractivity contribution in [1.82, 2.24) is 0 Å². The van der Waals surface area contributed by atoms with Crippen LogP contribution in [0.15, 0.2) is 30.3 Å². The van der Waals surface area contributed by atoms with E-state index < -0.39 is 0 Å². The molecule has 3 heteroatoms. The molecule has 0 bridgehead atoms. The van der Waals surface area contributed by atoms with Crippen LogP contribution in [0.25, 0.3) is 0 Å². The Bertz CT molecular complexity index is 272. The SMILES string of the molecule is CC(C)(COS)COCc1ccccc1. The molecule has 0 saturated carbocycles. The minimum atomic E-state index is 0.0104. The molecule has 0 aliphatic heterocycles. The van der Waals surface area contributed by atoms with Gasteiger partial charge in [0.2, 0.25) is 0 Å². The van der Waals surface area contributed by atoms with Crippen molar-refractivity contribution in [1.29, 1.82) is 0 Å². The Morgan fingerprint density at radius 2 is 1.80 bits per heavy atom. The van der Waals surface area contributed by atoms with Crippen molar-refractivity contribution in [3.63, 3.8) is 0 Å². The standard InChI is InChI=1S/C12H18O2S/c1-12(2,10-14-15)9-13-8-11-6-4-3-5-7-11/h3-7,15H,8-10H2,1-2H3. The number of benzene rings is 1. The normalized spacial score (nSPS) is 11.7. The lowest BCUT2D eigenvalue weighted by Crippen LogP contribution is -2.23. The summed E-state index contributed by atoms with van der Waals surface area (Å²) >= 11 is 3.75. The minimum Gasteiger partial charge on any atom is -0.376 e. The van der Waals surface area contributed by atoms with E-state index in [9.17, 15) is 0 Å². The molecule has 0 heterocycles. The van der Waals surface area contributed by atoms with Crippen LogP contribution in [0, 0.1) is 5.41 Å². The molecule has 0 amide bonds. The van der Waals surface area contributed by atoms with Crippen LogP contribution in [0.2, 0.25) is 0 Å². The Morgan fingerprint density at radius 1 is 1.13 bits per heavy atom. The third-order valence-electron chi connectivity index (χ3n) is 2.06. The monoisotopic (exact) mass is 226 g/mol. The van der Waals surface area contributed by atoms with Crippen molar-refractivity contribution in [2.45, 2.75) is 20.5 Å². The van der Waals surface area contributed by atoms with Crippen LogP contribution in [0.1, 0.15) is 19.4 Å².